The Kier molecular flexibility index (Phi) is 6.56. The lowest BCUT2D eigenvalue weighted by molar-refractivity contribution is -0.148. The average Bonchev–Trinajstić information content (AvgIpc) is 2.75. The first-order valence-corrected chi connectivity index (χ1v) is 9.82. The predicted octanol–water partition coefficient (Wildman–Crippen LogP) is 5.83. The van der Waals surface area contributed by atoms with Crippen LogP contribution in [-0.4, -0.2) is 12.1 Å². The highest BCUT2D eigenvalue weighted by Crippen LogP contribution is 2.46. The largest absolute Gasteiger partial charge is 0.468 e. The molecule has 3 aromatic rings. The topological polar surface area (TPSA) is 35.5 Å². The van der Waals surface area contributed by atoms with Crippen LogP contribution in [0.25, 0.3) is 0 Å². The zero-order valence-corrected chi connectivity index (χ0v) is 16.5. The van der Waals surface area contributed by atoms with E-state index >= 15 is 0 Å². The fourth-order valence-electron chi connectivity index (χ4n) is 2.84. The van der Waals surface area contributed by atoms with Gasteiger partial charge in [0.1, 0.15) is 5.75 Å². The zero-order chi connectivity index (χ0) is 19.8. The lowest BCUT2D eigenvalue weighted by Crippen LogP contribution is -2.42. The van der Waals surface area contributed by atoms with Gasteiger partial charge in [-0.25, -0.2) is 4.79 Å². The second kappa shape index (κ2) is 9.29. The number of hydrogen-bond acceptors (Lipinski definition) is 4. The number of hydrogen-bond donors (Lipinski definition) is 0. The van der Waals surface area contributed by atoms with E-state index in [2.05, 4.69) is 6.58 Å². The summed E-state index contributed by atoms with van der Waals surface area (Å²) in [6, 6.07) is 29.3. The lowest BCUT2D eigenvalue weighted by atomic mass is 10.0. The van der Waals surface area contributed by atoms with Gasteiger partial charge in [-0.3, -0.25) is 0 Å². The van der Waals surface area contributed by atoms with Gasteiger partial charge in [-0.05, 0) is 31.2 Å². The minimum absolute atomic E-state index is 0.488. The number of carbonyl (C=O) groups excluding carboxylic acids is 1. The number of rotatable bonds is 8. The Labute approximate surface area is 170 Å². The molecule has 142 valence electrons. The minimum Gasteiger partial charge on any atom is -0.468 e. The van der Waals surface area contributed by atoms with Gasteiger partial charge < -0.3 is 9.47 Å². The fourth-order valence-corrected chi connectivity index (χ4v) is 4.09. The van der Waals surface area contributed by atoms with Gasteiger partial charge in [0.05, 0.1) is 0 Å². The van der Waals surface area contributed by atoms with Crippen LogP contribution in [-0.2, 0) is 14.5 Å². The summed E-state index contributed by atoms with van der Waals surface area (Å²) in [5.41, 5.74) is 0.900. The van der Waals surface area contributed by atoms with Crippen LogP contribution in [0, 0.1) is 0 Å². The molecule has 28 heavy (non-hydrogen) atoms. The minimum atomic E-state index is -0.983. The van der Waals surface area contributed by atoms with Crippen LogP contribution >= 0.6 is 11.8 Å². The molecule has 3 rings (SSSR count). The molecule has 0 aromatic heterocycles. The van der Waals surface area contributed by atoms with Crippen LogP contribution in [0.2, 0.25) is 0 Å². The van der Waals surface area contributed by atoms with E-state index in [1.165, 1.54) is 17.8 Å². The third kappa shape index (κ3) is 4.65. The van der Waals surface area contributed by atoms with Crippen molar-refractivity contribution in [3.63, 3.8) is 0 Å². The fraction of sp³-hybridized carbons (Fsp3) is 0.125. The van der Waals surface area contributed by atoms with Crippen molar-refractivity contribution in [3.8, 4) is 5.75 Å². The number of benzene rings is 3. The maximum Gasteiger partial charge on any atom is 0.330 e. The number of esters is 1. The predicted molar refractivity (Wildman–Crippen MR) is 113 cm³/mol. The van der Waals surface area contributed by atoms with E-state index in [0.29, 0.717) is 5.75 Å². The summed E-state index contributed by atoms with van der Waals surface area (Å²) in [4.78, 5) is 12.0. The number of carbonyl (C=O) groups is 1. The van der Waals surface area contributed by atoms with E-state index in [0.717, 1.165) is 10.5 Å². The second-order valence-corrected chi connectivity index (χ2v) is 7.43. The molecule has 0 amide bonds. The van der Waals surface area contributed by atoms with E-state index in [1.807, 2.05) is 97.9 Å². The summed E-state index contributed by atoms with van der Waals surface area (Å²) in [6.07, 6.45) is 0.577. The summed E-state index contributed by atoms with van der Waals surface area (Å²) in [7, 11) is 0. The van der Waals surface area contributed by atoms with E-state index in [-0.39, 0.29) is 0 Å². The van der Waals surface area contributed by atoms with E-state index in [9.17, 15) is 4.79 Å². The normalized spacial score (nSPS) is 13.8. The molecule has 0 N–H and O–H groups in total. The molecule has 0 saturated carbocycles. The van der Waals surface area contributed by atoms with Crippen LogP contribution in [0.3, 0.4) is 0 Å². The maximum absolute atomic E-state index is 12.0. The van der Waals surface area contributed by atoms with Crippen molar-refractivity contribution in [3.05, 3.63) is 109 Å². The second-order valence-electron chi connectivity index (χ2n) is 6.15. The van der Waals surface area contributed by atoms with Crippen LogP contribution in [0.15, 0.2) is 109 Å². The first-order chi connectivity index (χ1) is 13.6. The van der Waals surface area contributed by atoms with Crippen molar-refractivity contribution >= 4 is 17.7 Å². The van der Waals surface area contributed by atoms with Gasteiger partial charge in [0.2, 0.25) is 4.93 Å². The van der Waals surface area contributed by atoms with E-state index in [1.54, 1.807) is 0 Å². The molecule has 3 aromatic carbocycles. The van der Waals surface area contributed by atoms with E-state index < -0.39 is 17.0 Å². The van der Waals surface area contributed by atoms with Gasteiger partial charge in [-0.15, -0.1) is 0 Å². The van der Waals surface area contributed by atoms with Gasteiger partial charge in [0, 0.05) is 16.5 Å². The number of para-hydroxylation sites is 1. The molecule has 0 saturated heterocycles. The molecule has 0 spiro atoms. The highest BCUT2D eigenvalue weighted by atomic mass is 32.2. The summed E-state index contributed by atoms with van der Waals surface area (Å²) in [6.45, 7) is 5.35. The van der Waals surface area contributed by atoms with Gasteiger partial charge in [0.25, 0.3) is 0 Å². The monoisotopic (exact) mass is 390 g/mol. The van der Waals surface area contributed by atoms with E-state index in [4.69, 9.17) is 9.47 Å². The third-order valence-electron chi connectivity index (χ3n) is 4.20. The van der Waals surface area contributed by atoms with Crippen LogP contribution in [0.4, 0.5) is 0 Å². The number of ether oxygens (including phenoxy) is 2. The molecular weight excluding hydrogens is 368 g/mol. The number of thioether (sulfide) groups is 1. The van der Waals surface area contributed by atoms with Crippen molar-refractivity contribution in [1.29, 1.82) is 0 Å². The average molecular weight is 391 g/mol. The molecular formula is C24H22O3S. The highest BCUT2D eigenvalue weighted by molar-refractivity contribution is 8.00. The Morgan fingerprint density at radius 2 is 1.46 bits per heavy atom. The van der Waals surface area contributed by atoms with Crippen molar-refractivity contribution in [2.24, 2.45) is 0 Å². The third-order valence-corrected chi connectivity index (χ3v) is 5.66. The summed E-state index contributed by atoms with van der Waals surface area (Å²) < 4.78 is 12.2. The Balaban J connectivity index is 2.11. The molecule has 3 nitrogen and oxygen atoms in total. The molecule has 0 heterocycles. The molecule has 2 unspecified atom stereocenters. The molecule has 4 heteroatoms. The van der Waals surface area contributed by atoms with Gasteiger partial charge >= 0.3 is 5.97 Å². The molecule has 0 radical (unpaired) electrons. The Morgan fingerprint density at radius 1 is 0.929 bits per heavy atom. The van der Waals surface area contributed by atoms with Gasteiger partial charge in [0.15, 0.2) is 6.10 Å². The summed E-state index contributed by atoms with van der Waals surface area (Å²) in [5.74, 6) is 0.203. The van der Waals surface area contributed by atoms with Crippen molar-refractivity contribution < 1.29 is 14.3 Å². The molecule has 0 fully saturated rings. The van der Waals surface area contributed by atoms with Crippen LogP contribution < -0.4 is 4.74 Å². The zero-order valence-electron chi connectivity index (χ0n) is 15.7. The standard InChI is InChI=1S/C24H22O3S/c1-3-23(25)26-19(2)24(20-13-7-4-8-14-20,27-21-15-9-5-10-16-21)28-22-17-11-6-12-18-22/h3-19H,1H2,2H3. The Morgan fingerprint density at radius 3 is 2.04 bits per heavy atom. The molecule has 0 aliphatic carbocycles. The van der Waals surface area contributed by atoms with Gasteiger partial charge in [-0.2, -0.15) is 0 Å². The van der Waals surface area contributed by atoms with Crippen molar-refractivity contribution in [2.75, 3.05) is 0 Å². The lowest BCUT2D eigenvalue weighted by Gasteiger charge is -2.38. The molecule has 0 bridgehead atoms. The van der Waals surface area contributed by atoms with Crippen molar-refractivity contribution in [1.82, 2.24) is 0 Å². The highest BCUT2D eigenvalue weighted by Gasteiger charge is 2.44. The summed E-state index contributed by atoms with van der Waals surface area (Å²) in [5, 5.41) is 0. The molecule has 0 aliphatic heterocycles. The molecule has 0 aliphatic rings. The van der Waals surface area contributed by atoms with Crippen molar-refractivity contribution in [2.45, 2.75) is 22.9 Å². The van der Waals surface area contributed by atoms with Crippen LogP contribution in [0.5, 0.6) is 5.75 Å². The van der Waals surface area contributed by atoms with Crippen LogP contribution in [0.1, 0.15) is 12.5 Å². The Hall–Kier alpha value is -2.98. The first-order valence-electron chi connectivity index (χ1n) is 9.01. The quantitative estimate of drug-likeness (QED) is 0.210. The maximum atomic E-state index is 12.0. The SMILES string of the molecule is C=CC(=O)OC(C)C(Oc1ccccc1)(Sc1ccccc1)c1ccccc1. The summed E-state index contributed by atoms with van der Waals surface area (Å²) >= 11 is 1.51. The van der Waals surface area contributed by atoms with Gasteiger partial charge in [-0.1, -0.05) is 85.1 Å². The smallest absolute Gasteiger partial charge is 0.330 e. The molecule has 2 atom stereocenters. The first kappa shape index (κ1) is 19.8. The Bertz CT molecular complexity index is 853.